The zero-order valence-corrected chi connectivity index (χ0v) is 13.5. The first kappa shape index (κ1) is 15.8. The minimum absolute atomic E-state index is 0.256. The standard InChI is InChI=1S/C17H18N6O/c1-11-14(9-18)16(22-23(11)2)17(24)21-15-8-12(5-7-20-15)13-4-3-6-19-10-13/h3-8,10H,9,18H2,1-2H3,(H,20,21,24). The number of anilines is 1. The van der Waals surface area contributed by atoms with Crippen LogP contribution in [-0.4, -0.2) is 25.7 Å². The number of pyridine rings is 2. The lowest BCUT2D eigenvalue weighted by Gasteiger charge is -2.06. The van der Waals surface area contributed by atoms with Crippen molar-refractivity contribution in [2.45, 2.75) is 13.5 Å². The predicted molar refractivity (Wildman–Crippen MR) is 91.3 cm³/mol. The summed E-state index contributed by atoms with van der Waals surface area (Å²) in [7, 11) is 1.78. The maximum Gasteiger partial charge on any atom is 0.277 e. The second-order valence-corrected chi connectivity index (χ2v) is 5.37. The van der Waals surface area contributed by atoms with Crippen LogP contribution in [-0.2, 0) is 13.6 Å². The molecule has 7 nitrogen and oxygen atoms in total. The predicted octanol–water partition coefficient (Wildman–Crippen LogP) is 1.90. The van der Waals surface area contributed by atoms with Crippen molar-refractivity contribution in [2.75, 3.05) is 5.32 Å². The van der Waals surface area contributed by atoms with E-state index in [-0.39, 0.29) is 12.5 Å². The summed E-state index contributed by atoms with van der Waals surface area (Å²) in [5.74, 6) is 0.127. The van der Waals surface area contributed by atoms with E-state index in [4.69, 9.17) is 5.73 Å². The number of nitrogens with one attached hydrogen (secondary N) is 1. The lowest BCUT2D eigenvalue weighted by molar-refractivity contribution is 0.102. The molecule has 3 aromatic rings. The quantitative estimate of drug-likeness (QED) is 0.764. The van der Waals surface area contributed by atoms with Crippen molar-refractivity contribution >= 4 is 11.7 Å². The fraction of sp³-hybridized carbons (Fsp3) is 0.176. The summed E-state index contributed by atoms with van der Waals surface area (Å²) >= 11 is 0. The Balaban J connectivity index is 1.87. The van der Waals surface area contributed by atoms with E-state index in [1.54, 1.807) is 36.4 Å². The summed E-state index contributed by atoms with van der Waals surface area (Å²) in [6.07, 6.45) is 5.12. The van der Waals surface area contributed by atoms with Gasteiger partial charge in [0.1, 0.15) is 5.82 Å². The number of aryl methyl sites for hydroxylation is 1. The Hall–Kier alpha value is -3.06. The number of rotatable bonds is 4. The summed E-state index contributed by atoms with van der Waals surface area (Å²) in [6, 6.07) is 7.47. The average Bonchev–Trinajstić information content (AvgIpc) is 2.90. The lowest BCUT2D eigenvalue weighted by atomic mass is 10.1. The van der Waals surface area contributed by atoms with E-state index < -0.39 is 0 Å². The minimum atomic E-state index is -0.324. The van der Waals surface area contributed by atoms with Crippen LogP contribution in [0.25, 0.3) is 11.1 Å². The SMILES string of the molecule is Cc1c(CN)c(C(=O)Nc2cc(-c3cccnc3)ccn2)nn1C. The van der Waals surface area contributed by atoms with Crippen molar-refractivity contribution < 1.29 is 4.79 Å². The first-order chi connectivity index (χ1) is 11.6. The van der Waals surface area contributed by atoms with Crippen LogP contribution in [0.1, 0.15) is 21.7 Å². The molecule has 3 heterocycles. The van der Waals surface area contributed by atoms with E-state index in [0.29, 0.717) is 11.5 Å². The van der Waals surface area contributed by atoms with Crippen molar-refractivity contribution in [1.29, 1.82) is 0 Å². The van der Waals surface area contributed by atoms with E-state index in [2.05, 4.69) is 20.4 Å². The van der Waals surface area contributed by atoms with Gasteiger partial charge in [0.25, 0.3) is 5.91 Å². The normalized spacial score (nSPS) is 10.6. The van der Waals surface area contributed by atoms with E-state index in [1.807, 2.05) is 25.1 Å². The van der Waals surface area contributed by atoms with E-state index in [0.717, 1.165) is 22.4 Å². The van der Waals surface area contributed by atoms with Gasteiger partial charge in [0.2, 0.25) is 0 Å². The molecule has 0 bridgehead atoms. The van der Waals surface area contributed by atoms with Crippen molar-refractivity contribution in [3.63, 3.8) is 0 Å². The van der Waals surface area contributed by atoms with Gasteiger partial charge in [0.05, 0.1) is 0 Å². The molecule has 0 aliphatic heterocycles. The van der Waals surface area contributed by atoms with Gasteiger partial charge in [0, 0.05) is 49.0 Å². The van der Waals surface area contributed by atoms with Crippen LogP contribution in [0.2, 0.25) is 0 Å². The highest BCUT2D eigenvalue weighted by atomic mass is 16.2. The molecule has 0 spiro atoms. The molecule has 24 heavy (non-hydrogen) atoms. The van der Waals surface area contributed by atoms with E-state index >= 15 is 0 Å². The summed E-state index contributed by atoms with van der Waals surface area (Å²) in [6.45, 7) is 2.14. The third kappa shape index (κ3) is 3.02. The fourth-order valence-corrected chi connectivity index (χ4v) is 2.47. The monoisotopic (exact) mass is 322 g/mol. The van der Waals surface area contributed by atoms with Crippen molar-refractivity contribution in [3.8, 4) is 11.1 Å². The van der Waals surface area contributed by atoms with Crippen LogP contribution >= 0.6 is 0 Å². The van der Waals surface area contributed by atoms with Gasteiger partial charge in [-0.2, -0.15) is 5.10 Å². The zero-order valence-electron chi connectivity index (χ0n) is 13.5. The highest BCUT2D eigenvalue weighted by molar-refractivity contribution is 6.03. The zero-order chi connectivity index (χ0) is 17.1. The molecule has 0 atom stereocenters. The number of hydrogen-bond donors (Lipinski definition) is 2. The second kappa shape index (κ2) is 6.59. The van der Waals surface area contributed by atoms with Crippen LogP contribution in [0.5, 0.6) is 0 Å². The van der Waals surface area contributed by atoms with Gasteiger partial charge in [-0.1, -0.05) is 6.07 Å². The summed E-state index contributed by atoms with van der Waals surface area (Å²) in [5, 5.41) is 7.03. The molecule has 0 aliphatic carbocycles. The molecule has 0 aliphatic rings. The number of aromatic nitrogens is 4. The van der Waals surface area contributed by atoms with Crippen LogP contribution < -0.4 is 11.1 Å². The van der Waals surface area contributed by atoms with Crippen molar-refractivity contribution in [2.24, 2.45) is 12.8 Å². The Kier molecular flexibility index (Phi) is 4.35. The third-order valence-electron chi connectivity index (χ3n) is 3.87. The molecule has 7 heteroatoms. The Bertz CT molecular complexity index is 872. The van der Waals surface area contributed by atoms with Gasteiger partial charge in [-0.05, 0) is 30.7 Å². The summed E-state index contributed by atoms with van der Waals surface area (Å²) in [5.41, 5.74) is 9.55. The number of carbonyl (C=O) groups excluding carboxylic acids is 1. The molecule has 0 aromatic carbocycles. The Morgan fingerprint density at radius 2 is 2.12 bits per heavy atom. The first-order valence-corrected chi connectivity index (χ1v) is 7.50. The molecule has 1 amide bonds. The van der Waals surface area contributed by atoms with Gasteiger partial charge in [-0.25, -0.2) is 4.98 Å². The van der Waals surface area contributed by atoms with Gasteiger partial charge < -0.3 is 11.1 Å². The number of amides is 1. The molecule has 0 saturated carbocycles. The largest absolute Gasteiger partial charge is 0.326 e. The van der Waals surface area contributed by atoms with Gasteiger partial charge in [-0.3, -0.25) is 14.5 Å². The molecule has 3 N–H and O–H groups in total. The topological polar surface area (TPSA) is 98.7 Å². The Labute approximate surface area is 139 Å². The van der Waals surface area contributed by atoms with Crippen LogP contribution in [0.4, 0.5) is 5.82 Å². The first-order valence-electron chi connectivity index (χ1n) is 7.50. The molecule has 0 fully saturated rings. The fourth-order valence-electron chi connectivity index (χ4n) is 2.47. The summed E-state index contributed by atoms with van der Waals surface area (Å²) < 4.78 is 1.65. The highest BCUT2D eigenvalue weighted by Gasteiger charge is 2.19. The van der Waals surface area contributed by atoms with Crippen LogP contribution in [0.3, 0.4) is 0 Å². The smallest absolute Gasteiger partial charge is 0.277 e. The number of hydrogen-bond acceptors (Lipinski definition) is 5. The average molecular weight is 322 g/mol. The summed E-state index contributed by atoms with van der Waals surface area (Å²) in [4.78, 5) is 20.8. The van der Waals surface area contributed by atoms with E-state index in [1.165, 1.54) is 0 Å². The highest BCUT2D eigenvalue weighted by Crippen LogP contribution is 2.21. The van der Waals surface area contributed by atoms with E-state index in [9.17, 15) is 4.79 Å². The van der Waals surface area contributed by atoms with Gasteiger partial charge in [-0.15, -0.1) is 0 Å². The molecular weight excluding hydrogens is 304 g/mol. The van der Waals surface area contributed by atoms with Gasteiger partial charge in [0.15, 0.2) is 5.69 Å². The van der Waals surface area contributed by atoms with Crippen molar-refractivity contribution in [1.82, 2.24) is 19.7 Å². The van der Waals surface area contributed by atoms with Crippen LogP contribution in [0, 0.1) is 6.92 Å². The molecular formula is C17H18N6O. The number of nitrogens with zero attached hydrogens (tertiary/aromatic N) is 4. The molecule has 0 radical (unpaired) electrons. The maximum atomic E-state index is 12.5. The molecule has 0 saturated heterocycles. The van der Waals surface area contributed by atoms with Gasteiger partial charge >= 0.3 is 0 Å². The molecule has 0 unspecified atom stereocenters. The second-order valence-electron chi connectivity index (χ2n) is 5.37. The number of nitrogens with two attached hydrogens (primary N) is 1. The maximum absolute atomic E-state index is 12.5. The molecule has 122 valence electrons. The Morgan fingerprint density at radius 3 is 2.83 bits per heavy atom. The molecule has 3 rings (SSSR count). The Morgan fingerprint density at radius 1 is 1.29 bits per heavy atom. The third-order valence-corrected chi connectivity index (χ3v) is 3.87. The number of carbonyl (C=O) groups is 1. The minimum Gasteiger partial charge on any atom is -0.326 e. The lowest BCUT2D eigenvalue weighted by Crippen LogP contribution is -2.16. The van der Waals surface area contributed by atoms with Crippen molar-refractivity contribution in [3.05, 3.63) is 59.8 Å². The molecule has 3 aromatic heterocycles. The van der Waals surface area contributed by atoms with Crippen LogP contribution in [0.15, 0.2) is 42.9 Å².